The second-order valence-corrected chi connectivity index (χ2v) is 9.60. The molecule has 1 fully saturated rings. The number of nitrogens with one attached hydrogen (secondary N) is 2. The summed E-state index contributed by atoms with van der Waals surface area (Å²) in [7, 11) is -1.66. The van der Waals surface area contributed by atoms with Crippen LogP contribution in [0.25, 0.3) is 0 Å². The van der Waals surface area contributed by atoms with E-state index in [0.29, 0.717) is 10.5 Å². The van der Waals surface area contributed by atoms with Gasteiger partial charge in [0.1, 0.15) is 11.8 Å². The third-order valence-electron chi connectivity index (χ3n) is 6.70. The maximum atomic E-state index is 13.5. The van der Waals surface area contributed by atoms with E-state index in [4.69, 9.17) is 16.3 Å². The molecule has 0 bridgehead atoms. The molecular weight excluding hydrogens is 563 g/mol. The molecule has 5 amide bonds. The number of amides is 5. The van der Waals surface area contributed by atoms with Gasteiger partial charge in [-0.05, 0) is 42.7 Å². The van der Waals surface area contributed by atoms with E-state index in [1.165, 1.54) is 23.1 Å². The lowest BCUT2D eigenvalue weighted by Crippen LogP contribution is -2.60. The van der Waals surface area contributed by atoms with Gasteiger partial charge in [0.2, 0.25) is 5.91 Å². The average Bonchev–Trinajstić information content (AvgIpc) is 2.92. The summed E-state index contributed by atoms with van der Waals surface area (Å²) < 4.78 is 5.40. The lowest BCUT2D eigenvalue weighted by molar-refractivity contribution is -0.153. The number of hydrogen-bond acceptors (Lipinski definition) is 8. The quantitative estimate of drug-likeness (QED) is 0.222. The van der Waals surface area contributed by atoms with Gasteiger partial charge in [-0.3, -0.25) is 19.3 Å². The van der Waals surface area contributed by atoms with E-state index >= 15 is 0 Å². The summed E-state index contributed by atoms with van der Waals surface area (Å²) in [5.41, 5.74) is -0.00392. The van der Waals surface area contributed by atoms with Crippen molar-refractivity contribution in [2.45, 2.75) is 25.3 Å². The molecule has 2 heterocycles. The Morgan fingerprint density at radius 2 is 1.78 bits per heavy atom. The van der Waals surface area contributed by atoms with Gasteiger partial charge in [-0.25, -0.2) is 14.4 Å². The van der Waals surface area contributed by atoms with E-state index in [0.717, 1.165) is 12.1 Å². The van der Waals surface area contributed by atoms with Crippen LogP contribution < -0.4 is 15.3 Å². The number of carbonyl (C=O) groups excluding carboxylic acids is 4. The largest absolute Gasteiger partial charge is 0.547 e. The van der Waals surface area contributed by atoms with Gasteiger partial charge in [0.25, 0.3) is 0 Å². The number of imide groups is 1. The van der Waals surface area contributed by atoms with Crippen molar-refractivity contribution in [2.75, 3.05) is 19.6 Å². The molecule has 2 aromatic rings. The monoisotopic (exact) mass is 586 g/mol. The van der Waals surface area contributed by atoms with Crippen LogP contribution in [-0.4, -0.2) is 93.4 Å². The van der Waals surface area contributed by atoms with Gasteiger partial charge in [0.15, 0.2) is 0 Å². The van der Waals surface area contributed by atoms with Crippen LogP contribution in [-0.2, 0) is 20.8 Å². The molecule has 0 saturated carbocycles. The molecule has 5 N–H and O–H groups in total. The second-order valence-electron chi connectivity index (χ2n) is 9.20. The summed E-state index contributed by atoms with van der Waals surface area (Å²) in [5.74, 6) is -6.60. The first kappa shape index (κ1) is 29.4. The van der Waals surface area contributed by atoms with E-state index in [9.17, 15) is 44.0 Å². The van der Waals surface area contributed by atoms with E-state index in [-0.39, 0.29) is 53.5 Å². The Morgan fingerprint density at radius 3 is 2.41 bits per heavy atom. The highest BCUT2D eigenvalue weighted by atomic mass is 35.5. The summed E-state index contributed by atoms with van der Waals surface area (Å²) in [5, 5.41) is 34.0. The van der Waals surface area contributed by atoms with Crippen molar-refractivity contribution in [1.29, 1.82) is 0 Å². The first-order valence-corrected chi connectivity index (χ1v) is 12.7. The zero-order chi connectivity index (χ0) is 30.0. The van der Waals surface area contributed by atoms with Crippen molar-refractivity contribution in [3.05, 3.63) is 63.7 Å². The molecule has 0 aromatic heterocycles. The molecule has 14 nitrogen and oxygen atoms in total. The van der Waals surface area contributed by atoms with Gasteiger partial charge in [-0.1, -0.05) is 29.8 Å². The number of likely N-dealkylation sites (N-methyl/N-ethyl adjacent to an activating group) is 1. The fourth-order valence-corrected chi connectivity index (χ4v) is 4.81. The van der Waals surface area contributed by atoms with Crippen LogP contribution in [0.1, 0.15) is 44.8 Å². The number of carboxylic acids is 2. The number of para-hydroxylation sites is 1. The third-order valence-corrected chi connectivity index (χ3v) is 7.01. The maximum Gasteiger partial charge on any atom is 0.547 e. The average molecular weight is 587 g/mol. The number of aromatic carboxylic acids is 2. The molecule has 2 aliphatic heterocycles. The zero-order valence-corrected chi connectivity index (χ0v) is 22.3. The zero-order valence-electron chi connectivity index (χ0n) is 21.5. The minimum Gasteiger partial charge on any atom is -0.534 e. The van der Waals surface area contributed by atoms with E-state index in [1.807, 2.05) is 0 Å². The van der Waals surface area contributed by atoms with Gasteiger partial charge >= 0.3 is 36.9 Å². The SMILES string of the molecule is CCN1CCN(C(=O)N[C@@H](C(=O)N[C@H]2Cc3cccc(C(=O)O)c3OB2O)c2ccc(C(=O)O)c(Cl)c2)C(=O)C1=O. The number of fused-ring (bicyclic) bond motifs is 1. The lowest BCUT2D eigenvalue weighted by atomic mass is 9.72. The molecule has 2 atom stereocenters. The molecule has 214 valence electrons. The highest BCUT2D eigenvalue weighted by Crippen LogP contribution is 2.30. The van der Waals surface area contributed by atoms with Gasteiger partial charge in [-0.2, -0.15) is 0 Å². The Labute approximate surface area is 238 Å². The number of halogens is 1. The molecule has 0 radical (unpaired) electrons. The topological polar surface area (TPSA) is 203 Å². The van der Waals surface area contributed by atoms with Crippen LogP contribution in [0.15, 0.2) is 36.4 Å². The van der Waals surface area contributed by atoms with Crippen LogP contribution in [0, 0.1) is 0 Å². The van der Waals surface area contributed by atoms with Crippen LogP contribution in [0.4, 0.5) is 4.79 Å². The molecule has 2 aromatic carbocycles. The second kappa shape index (κ2) is 11.9. The fraction of sp³-hybridized carbons (Fsp3) is 0.280. The molecule has 0 aliphatic carbocycles. The number of carbonyl (C=O) groups is 6. The smallest absolute Gasteiger partial charge is 0.534 e. The van der Waals surface area contributed by atoms with Crippen molar-refractivity contribution < 1.29 is 48.7 Å². The van der Waals surface area contributed by atoms with Crippen molar-refractivity contribution in [3.8, 4) is 5.75 Å². The van der Waals surface area contributed by atoms with Crippen molar-refractivity contribution >= 4 is 54.4 Å². The molecule has 0 unspecified atom stereocenters. The molecule has 41 heavy (non-hydrogen) atoms. The maximum absolute atomic E-state index is 13.5. The van der Waals surface area contributed by atoms with Gasteiger partial charge in [-0.15, -0.1) is 0 Å². The summed E-state index contributed by atoms with van der Waals surface area (Å²) in [6.45, 7) is 1.90. The standard InChI is InChI=1S/C25H24BClN4O10/c1-2-30-8-9-31(22(34)21(30)33)25(39)29-18(12-6-7-14(23(35)36)16(27)10-12)20(32)28-17-11-13-4-3-5-15(24(37)38)19(13)41-26(17)40/h3-7,10,17-18,40H,2,8-9,11H2,1H3,(H,28,32)(H,29,39)(H,35,36)(H,37,38)/t17-,18+/m0/s1. The predicted molar refractivity (Wildman–Crippen MR) is 141 cm³/mol. The Kier molecular flexibility index (Phi) is 8.49. The number of hydrogen-bond donors (Lipinski definition) is 5. The highest BCUT2D eigenvalue weighted by molar-refractivity contribution is 6.47. The Balaban J connectivity index is 1.61. The molecule has 1 saturated heterocycles. The van der Waals surface area contributed by atoms with Crippen LogP contribution in [0.2, 0.25) is 5.02 Å². The predicted octanol–water partition coefficient (Wildman–Crippen LogP) is 0.317. The van der Waals surface area contributed by atoms with E-state index in [2.05, 4.69) is 10.6 Å². The first-order chi connectivity index (χ1) is 19.4. The van der Waals surface area contributed by atoms with Crippen LogP contribution >= 0.6 is 11.6 Å². The minimum absolute atomic E-state index is 0.0330. The number of piperazine rings is 1. The molecule has 4 rings (SSSR count). The fourth-order valence-electron chi connectivity index (χ4n) is 4.54. The first-order valence-electron chi connectivity index (χ1n) is 12.4. The Bertz CT molecular complexity index is 1450. The molecular formula is C25H24BClN4O10. The minimum atomic E-state index is -1.66. The summed E-state index contributed by atoms with van der Waals surface area (Å²) in [6.07, 6.45) is -0.0330. The van der Waals surface area contributed by atoms with Crippen LogP contribution in [0.3, 0.4) is 0 Å². The van der Waals surface area contributed by atoms with Gasteiger partial charge in [0.05, 0.1) is 22.1 Å². The Morgan fingerprint density at radius 1 is 1.07 bits per heavy atom. The van der Waals surface area contributed by atoms with Gasteiger partial charge < -0.3 is 35.4 Å². The lowest BCUT2D eigenvalue weighted by Gasteiger charge is -2.33. The van der Waals surface area contributed by atoms with E-state index < -0.39 is 54.8 Å². The number of urea groups is 1. The van der Waals surface area contributed by atoms with Crippen molar-refractivity contribution in [2.24, 2.45) is 0 Å². The van der Waals surface area contributed by atoms with Gasteiger partial charge in [0, 0.05) is 19.6 Å². The number of nitrogens with zero attached hydrogens (tertiary/aromatic N) is 2. The normalized spacial score (nSPS) is 17.3. The molecule has 0 spiro atoms. The van der Waals surface area contributed by atoms with Crippen LogP contribution in [0.5, 0.6) is 5.75 Å². The number of rotatable bonds is 7. The highest BCUT2D eigenvalue weighted by Gasteiger charge is 2.41. The third kappa shape index (κ3) is 5.95. The number of carboxylic acid groups (broad SMARTS) is 2. The summed E-state index contributed by atoms with van der Waals surface area (Å²) in [4.78, 5) is 76.3. The van der Waals surface area contributed by atoms with Crippen molar-refractivity contribution in [3.63, 3.8) is 0 Å². The van der Waals surface area contributed by atoms with Crippen molar-refractivity contribution in [1.82, 2.24) is 20.4 Å². The number of benzene rings is 2. The Hall–Kier alpha value is -4.63. The van der Waals surface area contributed by atoms with E-state index in [1.54, 1.807) is 13.0 Å². The molecule has 16 heteroatoms. The summed E-state index contributed by atoms with van der Waals surface area (Å²) >= 11 is 6.10. The molecule has 2 aliphatic rings. The summed E-state index contributed by atoms with van der Waals surface area (Å²) in [6, 6.07) is 5.24.